The van der Waals surface area contributed by atoms with Crippen molar-refractivity contribution in [2.75, 3.05) is 6.54 Å². The Labute approximate surface area is 84.0 Å². The number of phenols is 1. The molecule has 2 N–H and O–H groups in total. The second kappa shape index (κ2) is 5.25. The van der Waals surface area contributed by atoms with Gasteiger partial charge in [-0.05, 0) is 12.5 Å². The summed E-state index contributed by atoms with van der Waals surface area (Å²) in [6, 6.07) is 7.71. The van der Waals surface area contributed by atoms with E-state index in [-0.39, 0.29) is 0 Å². The number of para-hydroxylation sites is 1. The van der Waals surface area contributed by atoms with Crippen LogP contribution in [0.1, 0.15) is 17.5 Å². The van der Waals surface area contributed by atoms with Crippen molar-refractivity contribution in [1.82, 2.24) is 5.32 Å². The molecule has 0 aliphatic carbocycles. The quantitative estimate of drug-likeness (QED) is 0.710. The van der Waals surface area contributed by atoms with Gasteiger partial charge in [0.1, 0.15) is 5.75 Å². The minimum atomic E-state index is 0.344. The molecule has 0 saturated carbocycles. The lowest BCUT2D eigenvalue weighted by Gasteiger charge is -2.07. The van der Waals surface area contributed by atoms with E-state index < -0.39 is 0 Å². The zero-order valence-corrected chi connectivity index (χ0v) is 8.25. The zero-order valence-electron chi connectivity index (χ0n) is 8.25. The number of nitrogens with one attached hydrogen (secondary N) is 1. The molecule has 3 heteroatoms. The summed E-state index contributed by atoms with van der Waals surface area (Å²) in [5, 5.41) is 21.1. The highest BCUT2D eigenvalue weighted by molar-refractivity contribution is 5.39. The van der Waals surface area contributed by atoms with Crippen molar-refractivity contribution >= 4 is 0 Å². The Morgan fingerprint density at radius 3 is 3.00 bits per heavy atom. The molecular weight excluding hydrogens is 176 g/mol. The van der Waals surface area contributed by atoms with Gasteiger partial charge in [-0.25, -0.2) is 0 Å². The second-order valence-corrected chi connectivity index (χ2v) is 3.17. The molecule has 0 spiro atoms. The van der Waals surface area contributed by atoms with Crippen LogP contribution in [0.2, 0.25) is 0 Å². The fraction of sp³-hybridized carbons (Fsp3) is 0.364. The first-order valence-electron chi connectivity index (χ1n) is 4.61. The maximum absolute atomic E-state index is 9.65. The number of phenolic OH excluding ortho intramolecular Hbond substituents is 1. The summed E-state index contributed by atoms with van der Waals surface area (Å²) < 4.78 is 0. The first-order valence-corrected chi connectivity index (χ1v) is 4.61. The number of benzene rings is 1. The smallest absolute Gasteiger partial charge is 0.122 e. The van der Waals surface area contributed by atoms with Crippen LogP contribution in [-0.4, -0.2) is 11.7 Å². The van der Waals surface area contributed by atoms with Crippen molar-refractivity contribution in [3.63, 3.8) is 0 Å². The van der Waals surface area contributed by atoms with Crippen LogP contribution in [0.3, 0.4) is 0 Å². The Kier molecular flexibility index (Phi) is 3.96. The summed E-state index contributed by atoms with van der Waals surface area (Å²) in [5.41, 5.74) is 1.76. The lowest BCUT2D eigenvalue weighted by atomic mass is 10.1. The largest absolute Gasteiger partial charge is 0.507 e. The van der Waals surface area contributed by atoms with Crippen molar-refractivity contribution in [3.8, 4) is 11.8 Å². The molecule has 0 unspecified atom stereocenters. The van der Waals surface area contributed by atoms with E-state index in [1.807, 2.05) is 25.1 Å². The first kappa shape index (κ1) is 10.6. The molecule has 0 heterocycles. The SMILES string of the molecule is Cc1cccc(CNCCC#N)c1O. The van der Waals surface area contributed by atoms with Crippen LogP contribution < -0.4 is 5.32 Å². The number of aromatic hydroxyl groups is 1. The minimum Gasteiger partial charge on any atom is -0.507 e. The van der Waals surface area contributed by atoms with Gasteiger partial charge in [-0.3, -0.25) is 0 Å². The van der Waals surface area contributed by atoms with E-state index in [9.17, 15) is 5.11 Å². The maximum Gasteiger partial charge on any atom is 0.122 e. The van der Waals surface area contributed by atoms with E-state index in [2.05, 4.69) is 11.4 Å². The molecule has 0 bridgehead atoms. The van der Waals surface area contributed by atoms with Crippen LogP contribution in [0.4, 0.5) is 0 Å². The summed E-state index contributed by atoms with van der Waals surface area (Å²) >= 11 is 0. The van der Waals surface area contributed by atoms with E-state index in [0.29, 0.717) is 25.3 Å². The van der Waals surface area contributed by atoms with Crippen LogP contribution in [0, 0.1) is 18.3 Å². The molecule has 14 heavy (non-hydrogen) atoms. The summed E-state index contributed by atoms with van der Waals surface area (Å²) in [4.78, 5) is 0. The highest BCUT2D eigenvalue weighted by atomic mass is 16.3. The van der Waals surface area contributed by atoms with Crippen LogP contribution >= 0.6 is 0 Å². The Hall–Kier alpha value is -1.53. The van der Waals surface area contributed by atoms with Crippen LogP contribution in [0.25, 0.3) is 0 Å². The van der Waals surface area contributed by atoms with Gasteiger partial charge >= 0.3 is 0 Å². The third kappa shape index (κ3) is 2.75. The maximum atomic E-state index is 9.65. The second-order valence-electron chi connectivity index (χ2n) is 3.17. The number of aryl methyl sites for hydroxylation is 1. The van der Waals surface area contributed by atoms with E-state index >= 15 is 0 Å². The van der Waals surface area contributed by atoms with Crippen LogP contribution in [0.15, 0.2) is 18.2 Å². The standard InChI is InChI=1S/C11H14N2O/c1-9-4-2-5-10(11(9)14)8-13-7-3-6-12/h2,4-5,13-14H,3,7-8H2,1H3. The van der Waals surface area contributed by atoms with Crippen molar-refractivity contribution in [3.05, 3.63) is 29.3 Å². The summed E-state index contributed by atoms with van der Waals surface area (Å²) in [6.07, 6.45) is 0.493. The summed E-state index contributed by atoms with van der Waals surface area (Å²) in [5.74, 6) is 0.344. The molecule has 3 nitrogen and oxygen atoms in total. The molecule has 74 valence electrons. The molecule has 0 amide bonds. The minimum absolute atomic E-state index is 0.344. The van der Waals surface area contributed by atoms with Gasteiger partial charge in [-0.15, -0.1) is 0 Å². The van der Waals surface area contributed by atoms with E-state index in [4.69, 9.17) is 5.26 Å². The van der Waals surface area contributed by atoms with Crippen LogP contribution in [-0.2, 0) is 6.54 Å². The normalized spacial score (nSPS) is 9.71. The average molecular weight is 190 g/mol. The van der Waals surface area contributed by atoms with Gasteiger partial charge in [0, 0.05) is 25.1 Å². The molecule has 0 aromatic heterocycles. The summed E-state index contributed by atoms with van der Waals surface area (Å²) in [6.45, 7) is 3.13. The topological polar surface area (TPSA) is 56.0 Å². The van der Waals surface area contributed by atoms with Gasteiger partial charge < -0.3 is 10.4 Å². The van der Waals surface area contributed by atoms with Crippen molar-refractivity contribution in [2.45, 2.75) is 19.9 Å². The van der Waals surface area contributed by atoms with Gasteiger partial charge in [0.2, 0.25) is 0 Å². The van der Waals surface area contributed by atoms with Gasteiger partial charge in [0.05, 0.1) is 6.07 Å². The Morgan fingerprint density at radius 1 is 1.50 bits per heavy atom. The molecule has 0 atom stereocenters. The lowest BCUT2D eigenvalue weighted by molar-refractivity contribution is 0.460. The Morgan fingerprint density at radius 2 is 2.29 bits per heavy atom. The molecule has 0 saturated heterocycles. The molecule has 0 radical (unpaired) electrons. The van der Waals surface area contributed by atoms with E-state index in [0.717, 1.165) is 11.1 Å². The van der Waals surface area contributed by atoms with Gasteiger partial charge in [0.15, 0.2) is 0 Å². The summed E-state index contributed by atoms with van der Waals surface area (Å²) in [7, 11) is 0. The molecule has 0 aliphatic rings. The zero-order chi connectivity index (χ0) is 10.4. The molecule has 1 aromatic carbocycles. The number of nitrogens with zero attached hydrogens (tertiary/aromatic N) is 1. The first-order chi connectivity index (χ1) is 6.75. The van der Waals surface area contributed by atoms with Crippen LogP contribution in [0.5, 0.6) is 5.75 Å². The highest BCUT2D eigenvalue weighted by Crippen LogP contribution is 2.20. The van der Waals surface area contributed by atoms with Crippen molar-refractivity contribution < 1.29 is 5.11 Å². The molecule has 1 aromatic rings. The molecule has 1 rings (SSSR count). The number of hydrogen-bond acceptors (Lipinski definition) is 3. The number of rotatable bonds is 4. The average Bonchev–Trinajstić information content (AvgIpc) is 2.19. The molecule has 0 aliphatic heterocycles. The predicted molar refractivity (Wildman–Crippen MR) is 54.8 cm³/mol. The van der Waals surface area contributed by atoms with Gasteiger partial charge in [0.25, 0.3) is 0 Å². The number of hydrogen-bond donors (Lipinski definition) is 2. The fourth-order valence-corrected chi connectivity index (χ4v) is 1.23. The van der Waals surface area contributed by atoms with Gasteiger partial charge in [-0.2, -0.15) is 5.26 Å². The monoisotopic (exact) mass is 190 g/mol. The number of nitriles is 1. The van der Waals surface area contributed by atoms with E-state index in [1.54, 1.807) is 0 Å². The van der Waals surface area contributed by atoms with Gasteiger partial charge in [-0.1, -0.05) is 18.2 Å². The fourth-order valence-electron chi connectivity index (χ4n) is 1.23. The van der Waals surface area contributed by atoms with Crippen molar-refractivity contribution in [2.24, 2.45) is 0 Å². The third-order valence-electron chi connectivity index (χ3n) is 2.05. The Balaban J connectivity index is 2.51. The molecule has 0 fully saturated rings. The van der Waals surface area contributed by atoms with E-state index in [1.165, 1.54) is 0 Å². The Bertz CT molecular complexity index is 342. The lowest BCUT2D eigenvalue weighted by Crippen LogP contribution is -2.14. The third-order valence-corrected chi connectivity index (χ3v) is 2.05. The molecular formula is C11H14N2O. The highest BCUT2D eigenvalue weighted by Gasteiger charge is 2.01. The van der Waals surface area contributed by atoms with Crippen molar-refractivity contribution in [1.29, 1.82) is 5.26 Å². The predicted octanol–water partition coefficient (Wildman–Crippen LogP) is 1.70.